The van der Waals surface area contributed by atoms with Crippen LogP contribution in [0.1, 0.15) is 24.8 Å². The van der Waals surface area contributed by atoms with Gasteiger partial charge in [0.15, 0.2) is 0 Å². The van der Waals surface area contributed by atoms with Crippen molar-refractivity contribution in [2.45, 2.75) is 31.1 Å². The van der Waals surface area contributed by atoms with Crippen molar-refractivity contribution in [3.8, 4) is 0 Å². The highest BCUT2D eigenvalue weighted by Gasteiger charge is 2.36. The van der Waals surface area contributed by atoms with Crippen molar-refractivity contribution >= 4 is 0 Å². The summed E-state index contributed by atoms with van der Waals surface area (Å²) in [4.78, 5) is 0. The molecule has 1 nitrogen and oxygen atoms in total. The Hall–Kier alpha value is -0.960. The van der Waals surface area contributed by atoms with Crippen molar-refractivity contribution in [2.24, 2.45) is 0 Å². The van der Waals surface area contributed by atoms with Crippen molar-refractivity contribution in [1.82, 2.24) is 5.32 Å². The fourth-order valence-corrected chi connectivity index (χ4v) is 2.60. The summed E-state index contributed by atoms with van der Waals surface area (Å²) in [6.07, 6.45) is -0.625. The number of hydrogen-bond acceptors (Lipinski definition) is 1. The zero-order valence-corrected chi connectivity index (χ0v) is 9.26. The van der Waals surface area contributed by atoms with E-state index in [-0.39, 0.29) is 11.8 Å². The van der Waals surface area contributed by atoms with Gasteiger partial charge in [0.1, 0.15) is 0 Å². The number of rotatable bonds is 3. The van der Waals surface area contributed by atoms with E-state index >= 15 is 0 Å². The Balaban J connectivity index is 2.26. The summed E-state index contributed by atoms with van der Waals surface area (Å²) in [5.41, 5.74) is 0.748. The van der Waals surface area contributed by atoms with Gasteiger partial charge in [0.25, 0.3) is 0 Å². The van der Waals surface area contributed by atoms with E-state index in [9.17, 15) is 8.78 Å². The molecule has 1 aromatic rings. The van der Waals surface area contributed by atoms with Gasteiger partial charge in [-0.3, -0.25) is 0 Å². The number of piperidine rings is 1. The molecule has 0 amide bonds. The molecule has 0 aliphatic carbocycles. The number of hydrogen-bond donors (Lipinski definition) is 1. The van der Waals surface area contributed by atoms with Crippen LogP contribution in [-0.2, 0) is 5.41 Å². The van der Waals surface area contributed by atoms with Crippen LogP contribution in [0.3, 0.4) is 0 Å². The summed E-state index contributed by atoms with van der Waals surface area (Å²) in [6.45, 7) is 1.67. The summed E-state index contributed by atoms with van der Waals surface area (Å²) in [6, 6.07) is 9.76. The quantitative estimate of drug-likeness (QED) is 0.834. The van der Waals surface area contributed by atoms with E-state index in [1.807, 2.05) is 30.3 Å². The minimum absolute atomic E-state index is 0.0152. The van der Waals surface area contributed by atoms with Crippen molar-refractivity contribution in [3.05, 3.63) is 35.9 Å². The average Bonchev–Trinajstić information content (AvgIpc) is 2.30. The fraction of sp³-hybridized carbons (Fsp3) is 0.538. The van der Waals surface area contributed by atoms with Crippen LogP contribution in [0.2, 0.25) is 0 Å². The van der Waals surface area contributed by atoms with Crippen LogP contribution in [0.4, 0.5) is 8.78 Å². The summed E-state index contributed by atoms with van der Waals surface area (Å²) in [7, 11) is 0. The molecule has 1 heterocycles. The SMILES string of the molecule is FC(F)CC1(c2ccccc2)CCNCC1. The maximum Gasteiger partial charge on any atom is 0.239 e. The van der Waals surface area contributed by atoms with E-state index in [4.69, 9.17) is 0 Å². The fourth-order valence-electron chi connectivity index (χ4n) is 2.60. The molecule has 0 aromatic heterocycles. The van der Waals surface area contributed by atoms with Crippen molar-refractivity contribution < 1.29 is 8.78 Å². The smallest absolute Gasteiger partial charge is 0.239 e. The van der Waals surface area contributed by atoms with E-state index in [0.29, 0.717) is 0 Å². The van der Waals surface area contributed by atoms with E-state index in [0.717, 1.165) is 31.5 Å². The lowest BCUT2D eigenvalue weighted by Crippen LogP contribution is -2.41. The molecule has 1 aromatic carbocycles. The number of halogens is 2. The predicted octanol–water partition coefficient (Wildman–Crippen LogP) is 2.96. The van der Waals surface area contributed by atoms with Gasteiger partial charge in [0.05, 0.1) is 0 Å². The lowest BCUT2D eigenvalue weighted by Gasteiger charge is -2.38. The van der Waals surface area contributed by atoms with Gasteiger partial charge < -0.3 is 5.32 Å². The van der Waals surface area contributed by atoms with E-state index in [2.05, 4.69) is 5.32 Å². The monoisotopic (exact) mass is 225 g/mol. The minimum atomic E-state index is -2.22. The van der Waals surface area contributed by atoms with Crippen LogP contribution < -0.4 is 5.32 Å². The van der Waals surface area contributed by atoms with Crippen molar-refractivity contribution in [3.63, 3.8) is 0 Å². The van der Waals surface area contributed by atoms with Crippen LogP contribution in [0.15, 0.2) is 30.3 Å². The average molecular weight is 225 g/mol. The molecule has 88 valence electrons. The van der Waals surface area contributed by atoms with Crippen LogP contribution in [0.25, 0.3) is 0 Å². The summed E-state index contributed by atoms with van der Waals surface area (Å²) in [5.74, 6) is 0. The zero-order valence-electron chi connectivity index (χ0n) is 9.26. The molecule has 2 rings (SSSR count). The Labute approximate surface area is 94.9 Å². The number of nitrogens with one attached hydrogen (secondary N) is 1. The molecule has 1 fully saturated rings. The van der Waals surface area contributed by atoms with Crippen molar-refractivity contribution in [2.75, 3.05) is 13.1 Å². The first kappa shape index (κ1) is 11.5. The van der Waals surface area contributed by atoms with Gasteiger partial charge >= 0.3 is 0 Å². The first-order valence-corrected chi connectivity index (χ1v) is 5.77. The first-order valence-electron chi connectivity index (χ1n) is 5.77. The lowest BCUT2D eigenvalue weighted by atomic mass is 9.71. The summed E-state index contributed by atoms with van der Waals surface area (Å²) in [5, 5.41) is 3.24. The Morgan fingerprint density at radius 3 is 2.31 bits per heavy atom. The molecule has 0 spiro atoms. The first-order chi connectivity index (χ1) is 7.73. The highest BCUT2D eigenvalue weighted by molar-refractivity contribution is 5.26. The molecule has 1 aliphatic rings. The third-order valence-corrected chi connectivity index (χ3v) is 3.49. The molecule has 1 saturated heterocycles. The Morgan fingerprint density at radius 2 is 1.75 bits per heavy atom. The number of benzene rings is 1. The van der Waals surface area contributed by atoms with Gasteiger partial charge in [-0.2, -0.15) is 0 Å². The maximum absolute atomic E-state index is 12.7. The van der Waals surface area contributed by atoms with E-state index in [1.54, 1.807) is 0 Å². The molecule has 0 saturated carbocycles. The second-order valence-electron chi connectivity index (χ2n) is 4.49. The van der Waals surface area contributed by atoms with Gasteiger partial charge in [-0.05, 0) is 31.5 Å². The van der Waals surface area contributed by atoms with Gasteiger partial charge in [0, 0.05) is 11.8 Å². The second-order valence-corrected chi connectivity index (χ2v) is 4.49. The topological polar surface area (TPSA) is 12.0 Å². The van der Waals surface area contributed by atoms with Crippen molar-refractivity contribution in [1.29, 1.82) is 0 Å². The van der Waals surface area contributed by atoms with E-state index in [1.165, 1.54) is 0 Å². The standard InChI is InChI=1S/C13H17F2N/c14-12(15)10-13(6-8-16-9-7-13)11-4-2-1-3-5-11/h1-5,12,16H,6-10H2. The van der Waals surface area contributed by atoms with Crippen LogP contribution in [0, 0.1) is 0 Å². The molecular weight excluding hydrogens is 208 g/mol. The molecule has 16 heavy (non-hydrogen) atoms. The third kappa shape index (κ3) is 2.40. The normalized spacial score (nSPS) is 19.9. The highest BCUT2D eigenvalue weighted by atomic mass is 19.3. The third-order valence-electron chi connectivity index (χ3n) is 3.49. The van der Waals surface area contributed by atoms with Crippen LogP contribution >= 0.6 is 0 Å². The highest BCUT2D eigenvalue weighted by Crippen LogP contribution is 2.38. The Bertz CT molecular complexity index is 318. The zero-order chi connectivity index (χ0) is 11.4. The summed E-state index contributed by atoms with van der Waals surface area (Å²) < 4.78 is 25.5. The minimum Gasteiger partial charge on any atom is -0.317 e. The Kier molecular flexibility index (Phi) is 3.54. The largest absolute Gasteiger partial charge is 0.317 e. The molecule has 0 radical (unpaired) electrons. The molecule has 0 bridgehead atoms. The van der Waals surface area contributed by atoms with Gasteiger partial charge in [-0.15, -0.1) is 0 Å². The van der Waals surface area contributed by atoms with Gasteiger partial charge in [-0.25, -0.2) is 8.78 Å². The molecule has 1 aliphatic heterocycles. The molecular formula is C13H17F2N. The van der Waals surface area contributed by atoms with Gasteiger partial charge in [0.2, 0.25) is 6.43 Å². The lowest BCUT2D eigenvalue weighted by molar-refractivity contribution is 0.0900. The maximum atomic E-state index is 12.7. The number of alkyl halides is 2. The Morgan fingerprint density at radius 1 is 1.12 bits per heavy atom. The predicted molar refractivity (Wildman–Crippen MR) is 60.8 cm³/mol. The second kappa shape index (κ2) is 4.91. The molecule has 3 heteroatoms. The molecule has 1 N–H and O–H groups in total. The van der Waals surface area contributed by atoms with Crippen LogP contribution in [0.5, 0.6) is 0 Å². The molecule has 0 unspecified atom stereocenters. The summed E-state index contributed by atoms with van der Waals surface area (Å²) >= 11 is 0. The van der Waals surface area contributed by atoms with Crippen LogP contribution in [-0.4, -0.2) is 19.5 Å². The molecule has 0 atom stereocenters. The van der Waals surface area contributed by atoms with Gasteiger partial charge in [-0.1, -0.05) is 30.3 Å². The van der Waals surface area contributed by atoms with E-state index < -0.39 is 6.43 Å².